The van der Waals surface area contributed by atoms with Crippen molar-refractivity contribution in [3.05, 3.63) is 78.0 Å². The van der Waals surface area contributed by atoms with Gasteiger partial charge in [-0.15, -0.1) is 0 Å². The molecular weight excluding hydrogens is 375 g/mol. The molecule has 0 saturated carbocycles. The second kappa shape index (κ2) is 8.00. The lowest BCUT2D eigenvalue weighted by molar-refractivity contribution is 0.290. The van der Waals surface area contributed by atoms with Gasteiger partial charge in [0, 0.05) is 42.7 Å². The first-order chi connectivity index (χ1) is 14.7. The van der Waals surface area contributed by atoms with Gasteiger partial charge in [-0.1, -0.05) is 24.6 Å². The van der Waals surface area contributed by atoms with Gasteiger partial charge in [-0.05, 0) is 66.8 Å². The summed E-state index contributed by atoms with van der Waals surface area (Å²) in [7, 11) is 0. The molecule has 1 saturated heterocycles. The predicted octanol–water partition coefficient (Wildman–Crippen LogP) is 5.48. The highest BCUT2D eigenvalue weighted by Crippen LogP contribution is 2.40. The Hall–Kier alpha value is -3.05. The van der Waals surface area contributed by atoms with Crippen LogP contribution in [0.2, 0.25) is 0 Å². The maximum atomic E-state index is 13.5. The number of nitrogens with zero attached hydrogens (tertiary/aromatic N) is 3. The molecule has 3 aromatic rings. The summed E-state index contributed by atoms with van der Waals surface area (Å²) < 4.78 is 13.5. The van der Waals surface area contributed by atoms with Crippen LogP contribution in [0.4, 0.5) is 4.39 Å². The number of halogens is 1. The van der Waals surface area contributed by atoms with Crippen LogP contribution in [0.5, 0.6) is 0 Å². The summed E-state index contributed by atoms with van der Waals surface area (Å²) in [6.07, 6.45) is 11.6. The predicted molar refractivity (Wildman–Crippen MR) is 118 cm³/mol. The summed E-state index contributed by atoms with van der Waals surface area (Å²) >= 11 is 0. The number of nitrogens with one attached hydrogen (secondary N) is 1. The minimum Gasteiger partial charge on any atom is -0.292 e. The van der Waals surface area contributed by atoms with Crippen LogP contribution < -0.4 is 0 Å². The number of benzene rings is 1. The van der Waals surface area contributed by atoms with Crippen molar-refractivity contribution in [2.24, 2.45) is 0 Å². The second-order valence-corrected chi connectivity index (χ2v) is 8.02. The van der Waals surface area contributed by atoms with Crippen LogP contribution in [-0.4, -0.2) is 39.2 Å². The number of H-pyrrole nitrogens is 1. The van der Waals surface area contributed by atoms with Crippen molar-refractivity contribution in [3.8, 4) is 22.4 Å². The number of rotatable bonds is 4. The highest BCUT2D eigenvalue weighted by molar-refractivity contribution is 5.89. The summed E-state index contributed by atoms with van der Waals surface area (Å²) in [5.41, 5.74) is 7.79. The van der Waals surface area contributed by atoms with Crippen molar-refractivity contribution in [2.45, 2.75) is 32.2 Å². The summed E-state index contributed by atoms with van der Waals surface area (Å²) in [5.74, 6) is -0.240. The number of aromatic nitrogens is 3. The zero-order valence-electron chi connectivity index (χ0n) is 17.1. The van der Waals surface area contributed by atoms with E-state index in [9.17, 15) is 4.39 Å². The van der Waals surface area contributed by atoms with Gasteiger partial charge >= 0.3 is 0 Å². The molecule has 0 bridgehead atoms. The van der Waals surface area contributed by atoms with E-state index in [-0.39, 0.29) is 5.82 Å². The number of fused-ring (bicyclic) bond motifs is 1. The van der Waals surface area contributed by atoms with Crippen LogP contribution >= 0.6 is 0 Å². The fourth-order valence-electron chi connectivity index (χ4n) is 4.66. The standard InChI is InChI=1S/C25H25FN4/c1-2-3-17-14-22-15-20(10-13-30(22)16-17)25-23(18-8-11-27-12-9-18)24(28-29-25)19-4-6-21(26)7-5-19/h3-9,11-12,15,22H,2,10,13-14,16H2,1H3,(H,28,29). The van der Waals surface area contributed by atoms with E-state index in [1.807, 2.05) is 12.1 Å². The zero-order chi connectivity index (χ0) is 20.5. The molecule has 5 heteroatoms. The Kier molecular flexibility index (Phi) is 5.05. The lowest BCUT2D eigenvalue weighted by Gasteiger charge is -2.27. The molecule has 5 rings (SSSR count). The number of hydrogen-bond donors (Lipinski definition) is 1. The van der Waals surface area contributed by atoms with Gasteiger partial charge in [0.15, 0.2) is 0 Å². The molecule has 2 aliphatic rings. The second-order valence-electron chi connectivity index (χ2n) is 8.02. The molecule has 1 unspecified atom stereocenters. The van der Waals surface area contributed by atoms with E-state index in [1.54, 1.807) is 30.1 Å². The van der Waals surface area contributed by atoms with E-state index in [4.69, 9.17) is 5.10 Å². The van der Waals surface area contributed by atoms with Crippen molar-refractivity contribution in [1.29, 1.82) is 0 Å². The number of pyridine rings is 1. The third-order valence-corrected chi connectivity index (χ3v) is 6.07. The number of aromatic amines is 1. The van der Waals surface area contributed by atoms with E-state index in [1.165, 1.54) is 17.7 Å². The van der Waals surface area contributed by atoms with Gasteiger partial charge in [0.1, 0.15) is 5.82 Å². The summed E-state index contributed by atoms with van der Waals surface area (Å²) in [6, 6.07) is 11.0. The van der Waals surface area contributed by atoms with E-state index in [0.717, 1.165) is 60.4 Å². The van der Waals surface area contributed by atoms with Gasteiger partial charge in [0.25, 0.3) is 0 Å². The fourth-order valence-corrected chi connectivity index (χ4v) is 4.66. The smallest absolute Gasteiger partial charge is 0.123 e. The zero-order valence-corrected chi connectivity index (χ0v) is 17.1. The van der Waals surface area contributed by atoms with Crippen LogP contribution in [0.3, 0.4) is 0 Å². The minimum absolute atomic E-state index is 0.240. The van der Waals surface area contributed by atoms with Crippen LogP contribution in [0, 0.1) is 5.82 Å². The SMILES string of the molecule is CCC=C1CC2C=C(c3n[nH]c(-c4ccc(F)cc4)c3-c3ccncc3)CCN2C1. The highest BCUT2D eigenvalue weighted by Gasteiger charge is 2.31. The molecule has 152 valence electrons. The van der Waals surface area contributed by atoms with Gasteiger partial charge in [0.05, 0.1) is 11.4 Å². The lowest BCUT2D eigenvalue weighted by atomic mass is 9.92. The first-order valence-electron chi connectivity index (χ1n) is 10.6. The molecule has 4 heterocycles. The summed E-state index contributed by atoms with van der Waals surface area (Å²) in [5, 5.41) is 7.98. The Labute approximate surface area is 176 Å². The van der Waals surface area contributed by atoms with Gasteiger partial charge in [0.2, 0.25) is 0 Å². The molecule has 4 nitrogen and oxygen atoms in total. The highest BCUT2D eigenvalue weighted by atomic mass is 19.1. The molecule has 1 aromatic carbocycles. The first-order valence-corrected chi connectivity index (χ1v) is 10.6. The van der Waals surface area contributed by atoms with Gasteiger partial charge in [-0.25, -0.2) is 4.39 Å². The molecule has 0 spiro atoms. The van der Waals surface area contributed by atoms with Crippen molar-refractivity contribution in [2.75, 3.05) is 13.1 Å². The van der Waals surface area contributed by atoms with E-state index >= 15 is 0 Å². The average Bonchev–Trinajstić information content (AvgIpc) is 3.38. The quantitative estimate of drug-likeness (QED) is 0.590. The topological polar surface area (TPSA) is 44.8 Å². The molecule has 1 N–H and O–H groups in total. The largest absolute Gasteiger partial charge is 0.292 e. The van der Waals surface area contributed by atoms with Gasteiger partial charge < -0.3 is 0 Å². The summed E-state index contributed by atoms with van der Waals surface area (Å²) in [6.45, 7) is 4.33. The maximum Gasteiger partial charge on any atom is 0.123 e. The molecule has 0 radical (unpaired) electrons. The van der Waals surface area contributed by atoms with Crippen molar-refractivity contribution in [1.82, 2.24) is 20.1 Å². The normalized spacial score (nSPS) is 20.4. The van der Waals surface area contributed by atoms with Crippen LogP contribution in [-0.2, 0) is 0 Å². The molecular formula is C25H25FN4. The molecule has 30 heavy (non-hydrogen) atoms. The fraction of sp³-hybridized carbons (Fsp3) is 0.280. The molecule has 0 aliphatic carbocycles. The van der Waals surface area contributed by atoms with E-state index < -0.39 is 0 Å². The van der Waals surface area contributed by atoms with Gasteiger partial charge in [-0.3, -0.25) is 15.0 Å². The average molecular weight is 401 g/mol. The molecule has 0 amide bonds. The first kappa shape index (κ1) is 18.9. The van der Waals surface area contributed by atoms with Crippen LogP contribution in [0.15, 0.2) is 66.5 Å². The third kappa shape index (κ3) is 3.50. The van der Waals surface area contributed by atoms with E-state index in [2.05, 4.69) is 34.1 Å². The Morgan fingerprint density at radius 1 is 1.13 bits per heavy atom. The Balaban J connectivity index is 1.58. The Morgan fingerprint density at radius 2 is 1.93 bits per heavy atom. The molecule has 2 aliphatic heterocycles. The Bertz CT molecular complexity index is 1100. The van der Waals surface area contributed by atoms with Crippen LogP contribution in [0.25, 0.3) is 28.0 Å². The number of allylic oxidation sites excluding steroid dienone is 1. The molecule has 2 aromatic heterocycles. The number of hydrogen-bond acceptors (Lipinski definition) is 3. The van der Waals surface area contributed by atoms with Crippen molar-refractivity contribution < 1.29 is 4.39 Å². The van der Waals surface area contributed by atoms with Crippen molar-refractivity contribution in [3.63, 3.8) is 0 Å². The van der Waals surface area contributed by atoms with Gasteiger partial charge in [-0.2, -0.15) is 5.10 Å². The third-order valence-electron chi connectivity index (χ3n) is 6.07. The minimum atomic E-state index is -0.240. The maximum absolute atomic E-state index is 13.5. The van der Waals surface area contributed by atoms with E-state index in [0.29, 0.717) is 6.04 Å². The molecule has 1 atom stereocenters. The van der Waals surface area contributed by atoms with Crippen LogP contribution in [0.1, 0.15) is 31.9 Å². The lowest BCUT2D eigenvalue weighted by Crippen LogP contribution is -2.32. The monoisotopic (exact) mass is 400 g/mol. The molecule has 1 fully saturated rings. The summed E-state index contributed by atoms with van der Waals surface area (Å²) in [4.78, 5) is 6.73. The van der Waals surface area contributed by atoms with Crippen molar-refractivity contribution >= 4 is 5.57 Å². The Morgan fingerprint density at radius 3 is 2.70 bits per heavy atom.